The maximum Gasteiger partial charge on any atom is 0.281 e. The molecule has 0 atom stereocenters. The summed E-state index contributed by atoms with van der Waals surface area (Å²) in [6.07, 6.45) is 6.98. The first kappa shape index (κ1) is 21.1. The van der Waals surface area contributed by atoms with Crippen molar-refractivity contribution >= 4 is 21.5 Å². The van der Waals surface area contributed by atoms with Crippen molar-refractivity contribution in [2.75, 3.05) is 37.3 Å². The Morgan fingerprint density at radius 1 is 1.06 bits per heavy atom. The van der Waals surface area contributed by atoms with Gasteiger partial charge in [-0.1, -0.05) is 0 Å². The van der Waals surface area contributed by atoms with Gasteiger partial charge in [0, 0.05) is 38.6 Å². The number of aromatic nitrogens is 5. The van der Waals surface area contributed by atoms with Crippen LogP contribution in [0.5, 0.6) is 0 Å². The van der Waals surface area contributed by atoms with E-state index in [2.05, 4.69) is 19.9 Å². The lowest BCUT2D eigenvalue weighted by atomic mass is 9.78. The molecule has 5 heterocycles. The van der Waals surface area contributed by atoms with E-state index in [1.165, 1.54) is 23.1 Å². The Labute approximate surface area is 184 Å². The minimum Gasteiger partial charge on any atom is -0.356 e. The fourth-order valence-corrected chi connectivity index (χ4v) is 5.51. The summed E-state index contributed by atoms with van der Waals surface area (Å²) in [5.41, 5.74) is 0.695. The van der Waals surface area contributed by atoms with E-state index in [0.717, 1.165) is 38.2 Å². The summed E-state index contributed by atoms with van der Waals surface area (Å²) >= 11 is 0. The van der Waals surface area contributed by atoms with Crippen LogP contribution in [0.4, 0.5) is 14.6 Å². The van der Waals surface area contributed by atoms with Crippen LogP contribution in [-0.2, 0) is 10.0 Å². The largest absolute Gasteiger partial charge is 0.356 e. The second kappa shape index (κ2) is 7.69. The summed E-state index contributed by atoms with van der Waals surface area (Å²) in [6, 6.07) is 1.84. The van der Waals surface area contributed by atoms with Gasteiger partial charge in [-0.25, -0.2) is 41.4 Å². The van der Waals surface area contributed by atoms with Gasteiger partial charge >= 0.3 is 0 Å². The van der Waals surface area contributed by atoms with E-state index in [1.54, 1.807) is 16.7 Å². The van der Waals surface area contributed by atoms with Crippen molar-refractivity contribution < 1.29 is 17.2 Å². The van der Waals surface area contributed by atoms with Crippen molar-refractivity contribution in [2.24, 2.45) is 5.41 Å². The van der Waals surface area contributed by atoms with Crippen LogP contribution in [0.15, 0.2) is 30.9 Å². The van der Waals surface area contributed by atoms with Crippen molar-refractivity contribution in [1.82, 2.24) is 28.6 Å². The molecular formula is C20H23F2N7O2S. The zero-order valence-corrected chi connectivity index (χ0v) is 18.3. The Balaban J connectivity index is 1.38. The van der Waals surface area contributed by atoms with Crippen molar-refractivity contribution in [3.8, 4) is 11.5 Å². The second-order valence-electron chi connectivity index (χ2n) is 8.56. The Morgan fingerprint density at radius 3 is 2.53 bits per heavy atom. The number of anilines is 1. The lowest BCUT2D eigenvalue weighted by Crippen LogP contribution is -2.43. The Kier molecular flexibility index (Phi) is 5.08. The van der Waals surface area contributed by atoms with Crippen LogP contribution in [0.25, 0.3) is 17.2 Å². The highest BCUT2D eigenvalue weighted by Gasteiger charge is 2.42. The van der Waals surface area contributed by atoms with E-state index in [0.29, 0.717) is 30.3 Å². The lowest BCUT2D eigenvalue weighted by molar-refractivity contribution is 0.145. The number of hydrogen-bond acceptors (Lipinski definition) is 7. The molecule has 3 aromatic rings. The van der Waals surface area contributed by atoms with Gasteiger partial charge in [0.25, 0.3) is 6.43 Å². The number of hydrogen-bond donors (Lipinski definition) is 0. The molecule has 0 radical (unpaired) electrons. The topological polar surface area (TPSA) is 96.6 Å². The van der Waals surface area contributed by atoms with Crippen LogP contribution in [0.1, 0.15) is 31.4 Å². The zero-order valence-electron chi connectivity index (χ0n) is 17.5. The van der Waals surface area contributed by atoms with Gasteiger partial charge < -0.3 is 4.90 Å². The molecule has 0 aliphatic carbocycles. The standard InChI is InChI=1S/C20H23F2N7O2S/c1-32(30,31)28-8-4-20(5-9-28)3-7-27(13-20)16-2-6-23-19(26-16)15-10-25-17-11-24-14(18(21)22)12-29(15)17/h2,6,10-12,18H,3-5,7-9,13H2,1H3. The molecule has 0 unspecified atom stereocenters. The quantitative estimate of drug-likeness (QED) is 0.586. The fourth-order valence-electron chi connectivity index (χ4n) is 4.66. The molecule has 170 valence electrons. The molecule has 2 aliphatic rings. The molecule has 0 N–H and O–H groups in total. The summed E-state index contributed by atoms with van der Waals surface area (Å²) in [6.45, 7) is 2.71. The monoisotopic (exact) mass is 463 g/mol. The second-order valence-corrected chi connectivity index (χ2v) is 10.5. The van der Waals surface area contributed by atoms with Crippen molar-refractivity contribution in [1.29, 1.82) is 0 Å². The van der Waals surface area contributed by atoms with Gasteiger partial charge in [0.2, 0.25) is 10.0 Å². The molecule has 0 saturated carbocycles. The first-order valence-electron chi connectivity index (χ1n) is 10.4. The molecule has 5 rings (SSSR count). The molecule has 0 amide bonds. The van der Waals surface area contributed by atoms with Gasteiger partial charge in [-0.2, -0.15) is 0 Å². The first-order valence-corrected chi connectivity index (χ1v) is 12.2. The summed E-state index contributed by atoms with van der Waals surface area (Å²) in [4.78, 5) is 19.2. The average Bonchev–Trinajstić information content (AvgIpc) is 3.38. The number of nitrogens with zero attached hydrogens (tertiary/aromatic N) is 7. The van der Waals surface area contributed by atoms with Crippen molar-refractivity contribution in [2.45, 2.75) is 25.7 Å². The van der Waals surface area contributed by atoms with Crippen LogP contribution < -0.4 is 4.90 Å². The van der Waals surface area contributed by atoms with E-state index < -0.39 is 16.4 Å². The molecule has 0 aromatic carbocycles. The van der Waals surface area contributed by atoms with E-state index >= 15 is 0 Å². The van der Waals surface area contributed by atoms with Gasteiger partial charge in [0.15, 0.2) is 11.5 Å². The number of sulfonamides is 1. The first-order chi connectivity index (χ1) is 15.2. The normalized spacial score (nSPS) is 19.4. The predicted molar refractivity (Wildman–Crippen MR) is 114 cm³/mol. The van der Waals surface area contributed by atoms with E-state index in [9.17, 15) is 17.2 Å². The SMILES string of the molecule is CS(=O)(=O)N1CCC2(CCN(c3ccnc(-c4cnc5cnc(C(F)F)cn45)n3)C2)CC1. The van der Waals surface area contributed by atoms with Gasteiger partial charge in [0.1, 0.15) is 17.2 Å². The molecular weight excluding hydrogens is 440 g/mol. The predicted octanol–water partition coefficient (Wildman–Crippen LogP) is 2.38. The minimum atomic E-state index is -3.16. The van der Waals surface area contributed by atoms with E-state index in [4.69, 9.17) is 4.98 Å². The van der Waals surface area contributed by atoms with E-state index in [1.807, 2.05) is 6.07 Å². The number of alkyl halides is 2. The summed E-state index contributed by atoms with van der Waals surface area (Å²) in [5, 5.41) is 0. The molecule has 12 heteroatoms. The highest BCUT2D eigenvalue weighted by atomic mass is 32.2. The summed E-state index contributed by atoms with van der Waals surface area (Å²) in [5.74, 6) is 1.16. The number of piperidine rings is 1. The smallest absolute Gasteiger partial charge is 0.281 e. The van der Waals surface area contributed by atoms with Gasteiger partial charge in [-0.05, 0) is 30.7 Å². The Bertz CT molecular complexity index is 1260. The third kappa shape index (κ3) is 3.81. The highest BCUT2D eigenvalue weighted by Crippen LogP contribution is 2.42. The zero-order chi connectivity index (χ0) is 22.5. The number of halogens is 2. The number of rotatable bonds is 4. The molecule has 1 spiro atoms. The molecule has 2 saturated heterocycles. The molecule has 3 aromatic heterocycles. The number of fused-ring (bicyclic) bond motifs is 1. The van der Waals surface area contributed by atoms with Gasteiger partial charge in [-0.15, -0.1) is 0 Å². The third-order valence-electron chi connectivity index (χ3n) is 6.52. The van der Waals surface area contributed by atoms with Crippen LogP contribution in [0.3, 0.4) is 0 Å². The highest BCUT2D eigenvalue weighted by molar-refractivity contribution is 7.88. The Hall–Kier alpha value is -2.73. The average molecular weight is 464 g/mol. The molecule has 0 bridgehead atoms. The summed E-state index contributed by atoms with van der Waals surface area (Å²) in [7, 11) is -3.16. The van der Waals surface area contributed by atoms with Crippen LogP contribution >= 0.6 is 0 Å². The van der Waals surface area contributed by atoms with Crippen LogP contribution in [-0.4, -0.2) is 69.5 Å². The maximum absolute atomic E-state index is 13.1. The fraction of sp³-hybridized carbons (Fsp3) is 0.500. The minimum absolute atomic E-state index is 0.0768. The van der Waals surface area contributed by atoms with Gasteiger partial charge in [-0.3, -0.25) is 4.40 Å². The van der Waals surface area contributed by atoms with Crippen molar-refractivity contribution in [3.63, 3.8) is 0 Å². The maximum atomic E-state index is 13.1. The summed E-state index contributed by atoms with van der Waals surface area (Å²) < 4.78 is 52.9. The van der Waals surface area contributed by atoms with Crippen LogP contribution in [0, 0.1) is 5.41 Å². The van der Waals surface area contributed by atoms with Crippen molar-refractivity contribution in [3.05, 3.63) is 36.5 Å². The molecule has 32 heavy (non-hydrogen) atoms. The lowest BCUT2D eigenvalue weighted by Gasteiger charge is -2.38. The molecule has 2 fully saturated rings. The number of imidazole rings is 1. The van der Waals surface area contributed by atoms with Crippen LogP contribution in [0.2, 0.25) is 0 Å². The van der Waals surface area contributed by atoms with E-state index in [-0.39, 0.29) is 11.1 Å². The molecule has 9 nitrogen and oxygen atoms in total. The Morgan fingerprint density at radius 2 is 1.81 bits per heavy atom. The molecule has 2 aliphatic heterocycles. The third-order valence-corrected chi connectivity index (χ3v) is 7.83. The van der Waals surface area contributed by atoms with Gasteiger partial charge in [0.05, 0.1) is 18.6 Å².